The Morgan fingerprint density at radius 3 is 2.84 bits per heavy atom. The monoisotopic (exact) mass is 262 g/mol. The van der Waals surface area contributed by atoms with Crippen molar-refractivity contribution in [2.75, 3.05) is 0 Å². The Bertz CT molecular complexity index is 620. The molecule has 1 aromatic carbocycles. The van der Waals surface area contributed by atoms with Crippen molar-refractivity contribution in [2.24, 2.45) is 7.05 Å². The normalized spacial score (nSPS) is 10.7. The van der Waals surface area contributed by atoms with Crippen LogP contribution in [0.5, 0.6) is 0 Å². The van der Waals surface area contributed by atoms with Gasteiger partial charge in [0.15, 0.2) is 0 Å². The summed E-state index contributed by atoms with van der Waals surface area (Å²) in [6.45, 7) is 1.70. The van der Waals surface area contributed by atoms with Crippen LogP contribution in [-0.2, 0) is 18.3 Å². The predicted molar refractivity (Wildman–Crippen MR) is 69.3 cm³/mol. The van der Waals surface area contributed by atoms with Crippen LogP contribution in [0.2, 0.25) is 0 Å². The van der Waals surface area contributed by atoms with Gasteiger partial charge in [-0.05, 0) is 30.2 Å². The highest BCUT2D eigenvalue weighted by atomic mass is 19.1. The van der Waals surface area contributed by atoms with E-state index < -0.39 is 5.97 Å². The number of benzene rings is 1. The average Bonchev–Trinajstić information content (AvgIpc) is 2.71. The molecule has 0 spiro atoms. The third-order valence-electron chi connectivity index (χ3n) is 3.11. The predicted octanol–water partition coefficient (Wildman–Crippen LogP) is 2.55. The van der Waals surface area contributed by atoms with E-state index in [4.69, 9.17) is 5.11 Å². The topological polar surface area (TPSA) is 55.1 Å². The fraction of sp³-hybridized carbons (Fsp3) is 0.286. The van der Waals surface area contributed by atoms with E-state index >= 15 is 0 Å². The highest BCUT2D eigenvalue weighted by Crippen LogP contribution is 2.26. The van der Waals surface area contributed by atoms with Crippen molar-refractivity contribution in [3.05, 3.63) is 41.5 Å². The molecule has 0 fully saturated rings. The first-order valence-corrected chi connectivity index (χ1v) is 5.98. The molecule has 0 aliphatic carbocycles. The smallest absolute Gasteiger partial charge is 0.303 e. The highest BCUT2D eigenvalue weighted by Gasteiger charge is 2.13. The molecule has 0 atom stereocenters. The van der Waals surface area contributed by atoms with Gasteiger partial charge in [-0.25, -0.2) is 4.39 Å². The van der Waals surface area contributed by atoms with Crippen molar-refractivity contribution in [3.63, 3.8) is 0 Å². The van der Waals surface area contributed by atoms with Gasteiger partial charge in [0.25, 0.3) is 0 Å². The first-order chi connectivity index (χ1) is 8.99. The maximum atomic E-state index is 13.3. The molecule has 0 bridgehead atoms. The zero-order valence-electron chi connectivity index (χ0n) is 10.9. The van der Waals surface area contributed by atoms with E-state index in [1.54, 1.807) is 37.0 Å². The lowest BCUT2D eigenvalue weighted by Gasteiger charge is -2.06. The largest absolute Gasteiger partial charge is 0.481 e. The minimum absolute atomic E-state index is 0.0483. The summed E-state index contributed by atoms with van der Waals surface area (Å²) in [6.07, 6.45) is 2.13. The number of hydrogen-bond donors (Lipinski definition) is 1. The van der Waals surface area contributed by atoms with Crippen LogP contribution in [0.3, 0.4) is 0 Å². The molecule has 1 heterocycles. The van der Waals surface area contributed by atoms with Gasteiger partial charge < -0.3 is 5.11 Å². The molecule has 1 aromatic heterocycles. The molecule has 2 aromatic rings. The van der Waals surface area contributed by atoms with Gasteiger partial charge in [-0.2, -0.15) is 5.10 Å². The summed E-state index contributed by atoms with van der Waals surface area (Å²) in [5, 5.41) is 12.9. The van der Waals surface area contributed by atoms with Crippen molar-refractivity contribution in [1.82, 2.24) is 9.78 Å². The number of halogens is 1. The van der Waals surface area contributed by atoms with Gasteiger partial charge in [-0.3, -0.25) is 9.48 Å². The fourth-order valence-electron chi connectivity index (χ4n) is 2.04. The van der Waals surface area contributed by atoms with E-state index in [0.29, 0.717) is 12.0 Å². The number of carbonyl (C=O) groups is 1. The number of aromatic nitrogens is 2. The van der Waals surface area contributed by atoms with Crippen LogP contribution in [0.4, 0.5) is 4.39 Å². The van der Waals surface area contributed by atoms with Gasteiger partial charge in [0.2, 0.25) is 0 Å². The summed E-state index contributed by atoms with van der Waals surface area (Å²) in [4.78, 5) is 10.7. The van der Waals surface area contributed by atoms with Crippen LogP contribution in [0.15, 0.2) is 24.4 Å². The number of carboxylic acid groups (broad SMARTS) is 1. The molecule has 0 unspecified atom stereocenters. The standard InChI is InChI=1S/C14H15FN2O2/c1-9-7-10(3-4-12(9)15)11-8-16-17(2)13(11)5-6-14(18)19/h3-4,7-8H,5-6H2,1-2H3,(H,18,19). The van der Waals surface area contributed by atoms with Gasteiger partial charge in [-0.1, -0.05) is 6.07 Å². The van der Waals surface area contributed by atoms with Gasteiger partial charge >= 0.3 is 5.97 Å². The number of hydrogen-bond acceptors (Lipinski definition) is 2. The first-order valence-electron chi connectivity index (χ1n) is 5.98. The third kappa shape index (κ3) is 2.81. The molecule has 0 amide bonds. The molecule has 0 aliphatic rings. The lowest BCUT2D eigenvalue weighted by Crippen LogP contribution is -2.04. The second-order valence-electron chi connectivity index (χ2n) is 4.49. The molecule has 100 valence electrons. The summed E-state index contributed by atoms with van der Waals surface area (Å²) in [6, 6.07) is 4.85. The summed E-state index contributed by atoms with van der Waals surface area (Å²) in [5.74, 6) is -1.10. The summed E-state index contributed by atoms with van der Waals surface area (Å²) in [5.41, 5.74) is 3.11. The molecular weight excluding hydrogens is 247 g/mol. The Morgan fingerprint density at radius 1 is 1.47 bits per heavy atom. The molecule has 0 saturated carbocycles. The lowest BCUT2D eigenvalue weighted by atomic mass is 10.0. The van der Waals surface area contributed by atoms with Crippen LogP contribution in [0, 0.1) is 12.7 Å². The molecule has 1 N–H and O–H groups in total. The highest BCUT2D eigenvalue weighted by molar-refractivity contribution is 5.69. The van der Waals surface area contributed by atoms with Crippen molar-refractivity contribution in [1.29, 1.82) is 0 Å². The third-order valence-corrected chi connectivity index (χ3v) is 3.11. The van der Waals surface area contributed by atoms with Gasteiger partial charge in [-0.15, -0.1) is 0 Å². The molecule has 5 heteroatoms. The lowest BCUT2D eigenvalue weighted by molar-refractivity contribution is -0.136. The summed E-state index contributed by atoms with van der Waals surface area (Å²) < 4.78 is 14.9. The Morgan fingerprint density at radius 2 is 2.21 bits per heavy atom. The molecule has 0 aliphatic heterocycles. The minimum atomic E-state index is -0.845. The Hall–Kier alpha value is -2.17. The average molecular weight is 262 g/mol. The molecular formula is C14H15FN2O2. The number of aliphatic carboxylic acids is 1. The summed E-state index contributed by atoms with van der Waals surface area (Å²) >= 11 is 0. The van der Waals surface area contributed by atoms with Crippen LogP contribution < -0.4 is 0 Å². The maximum Gasteiger partial charge on any atom is 0.303 e. The van der Waals surface area contributed by atoms with Gasteiger partial charge in [0.1, 0.15) is 5.82 Å². The number of carboxylic acids is 1. The molecule has 4 nitrogen and oxygen atoms in total. The van der Waals surface area contributed by atoms with E-state index in [2.05, 4.69) is 5.10 Å². The van der Waals surface area contributed by atoms with Crippen LogP contribution >= 0.6 is 0 Å². The van der Waals surface area contributed by atoms with E-state index in [1.807, 2.05) is 0 Å². The van der Waals surface area contributed by atoms with Gasteiger partial charge in [0.05, 0.1) is 12.6 Å². The van der Waals surface area contributed by atoms with Gasteiger partial charge in [0, 0.05) is 24.7 Å². The molecule has 0 saturated heterocycles. The Labute approximate surface area is 110 Å². The Kier molecular flexibility index (Phi) is 3.64. The number of aryl methyl sites for hydroxylation is 2. The van der Waals surface area contributed by atoms with Crippen LogP contribution in [-0.4, -0.2) is 20.9 Å². The zero-order chi connectivity index (χ0) is 14.0. The first kappa shape index (κ1) is 13.3. The van der Waals surface area contributed by atoms with Crippen molar-refractivity contribution >= 4 is 5.97 Å². The maximum absolute atomic E-state index is 13.3. The SMILES string of the molecule is Cc1cc(-c2cnn(C)c2CCC(=O)O)ccc1F. The number of rotatable bonds is 4. The van der Waals surface area contributed by atoms with Crippen molar-refractivity contribution in [2.45, 2.75) is 19.8 Å². The zero-order valence-corrected chi connectivity index (χ0v) is 10.9. The van der Waals surface area contributed by atoms with E-state index in [1.165, 1.54) is 6.07 Å². The second-order valence-corrected chi connectivity index (χ2v) is 4.49. The molecule has 0 radical (unpaired) electrons. The fourth-order valence-corrected chi connectivity index (χ4v) is 2.04. The number of nitrogens with zero attached hydrogens (tertiary/aromatic N) is 2. The van der Waals surface area contributed by atoms with E-state index in [-0.39, 0.29) is 12.2 Å². The minimum Gasteiger partial charge on any atom is -0.481 e. The van der Waals surface area contributed by atoms with Crippen LogP contribution in [0.25, 0.3) is 11.1 Å². The summed E-state index contributed by atoms with van der Waals surface area (Å²) in [7, 11) is 1.77. The second kappa shape index (κ2) is 5.22. The van der Waals surface area contributed by atoms with Crippen molar-refractivity contribution in [3.8, 4) is 11.1 Å². The quantitative estimate of drug-likeness (QED) is 0.921. The van der Waals surface area contributed by atoms with E-state index in [9.17, 15) is 9.18 Å². The Balaban J connectivity index is 2.38. The van der Waals surface area contributed by atoms with Crippen molar-refractivity contribution < 1.29 is 14.3 Å². The molecule has 2 rings (SSSR count). The van der Waals surface area contributed by atoms with Crippen LogP contribution in [0.1, 0.15) is 17.7 Å². The molecule has 19 heavy (non-hydrogen) atoms. The van der Waals surface area contributed by atoms with E-state index in [0.717, 1.165) is 16.8 Å².